The highest BCUT2D eigenvalue weighted by molar-refractivity contribution is 5.90. The minimum atomic E-state index is -2.68. The average molecular weight is 337 g/mol. The molecule has 0 radical (unpaired) electrons. The van der Waals surface area contributed by atoms with E-state index < -0.39 is 12.2 Å². The number of nitrogens with zero attached hydrogens (tertiary/aromatic N) is 3. The summed E-state index contributed by atoms with van der Waals surface area (Å²) in [5.41, 5.74) is 3.05. The predicted octanol–water partition coefficient (Wildman–Crippen LogP) is 4.86. The fourth-order valence-electron chi connectivity index (χ4n) is 3.19. The Morgan fingerprint density at radius 3 is 2.40 bits per heavy atom. The molecule has 3 nitrogen and oxygen atoms in total. The molecule has 0 unspecified atom stereocenters. The van der Waals surface area contributed by atoms with Gasteiger partial charge in [0.2, 0.25) is 0 Å². The van der Waals surface area contributed by atoms with Crippen LogP contribution in [-0.4, -0.2) is 23.1 Å². The van der Waals surface area contributed by atoms with Crippen LogP contribution in [0.2, 0.25) is 0 Å². The van der Waals surface area contributed by atoms with E-state index in [4.69, 9.17) is 0 Å². The molecule has 0 atom stereocenters. The molecule has 0 saturated heterocycles. The van der Waals surface area contributed by atoms with Crippen LogP contribution in [-0.2, 0) is 0 Å². The fourth-order valence-corrected chi connectivity index (χ4v) is 3.19. The van der Waals surface area contributed by atoms with E-state index in [2.05, 4.69) is 28.2 Å². The molecule has 0 amide bonds. The Labute approximate surface area is 144 Å². The van der Waals surface area contributed by atoms with Crippen molar-refractivity contribution in [3.8, 4) is 0 Å². The van der Waals surface area contributed by atoms with Gasteiger partial charge < -0.3 is 4.90 Å². The lowest BCUT2D eigenvalue weighted by Gasteiger charge is -2.28. The number of aromatic nitrogens is 2. The largest absolute Gasteiger partial charge is 0.352 e. The third kappa shape index (κ3) is 3.09. The summed E-state index contributed by atoms with van der Waals surface area (Å²) in [6.07, 6.45) is 0.327. The van der Waals surface area contributed by atoms with Crippen LogP contribution in [0.4, 0.5) is 14.6 Å². The van der Waals surface area contributed by atoms with E-state index in [-0.39, 0.29) is 0 Å². The maximum atomic E-state index is 13.2. The number of anilines is 1. The number of hydrogen-bond donors (Lipinski definition) is 0. The zero-order chi connectivity index (χ0) is 17.2. The molecular weight excluding hydrogens is 320 g/mol. The summed E-state index contributed by atoms with van der Waals surface area (Å²) in [5.74, 6) is 0.177. The highest BCUT2D eigenvalue weighted by Crippen LogP contribution is 2.30. The van der Waals surface area contributed by atoms with Gasteiger partial charge in [0, 0.05) is 18.5 Å². The third-order valence-corrected chi connectivity index (χ3v) is 4.45. The van der Waals surface area contributed by atoms with Crippen LogP contribution in [0.15, 0.2) is 60.7 Å². The quantitative estimate of drug-likeness (QED) is 0.683. The molecule has 5 heteroatoms. The van der Waals surface area contributed by atoms with Crippen molar-refractivity contribution in [2.24, 2.45) is 0 Å². The van der Waals surface area contributed by atoms with E-state index in [1.54, 1.807) is 12.1 Å². The molecule has 1 aliphatic rings. The van der Waals surface area contributed by atoms with Crippen molar-refractivity contribution in [3.05, 3.63) is 72.1 Å². The molecule has 2 aromatic carbocycles. The highest BCUT2D eigenvalue weighted by Gasteiger charge is 2.20. The second-order valence-corrected chi connectivity index (χ2v) is 6.01. The minimum absolute atomic E-state index is 0.411. The molecule has 4 rings (SSSR count). The lowest BCUT2D eigenvalue weighted by atomic mass is 9.99. The van der Waals surface area contributed by atoms with Crippen LogP contribution in [0.1, 0.15) is 24.2 Å². The lowest BCUT2D eigenvalue weighted by molar-refractivity contribution is 0.141. The topological polar surface area (TPSA) is 29.0 Å². The van der Waals surface area contributed by atoms with Gasteiger partial charge >= 0.3 is 0 Å². The summed E-state index contributed by atoms with van der Waals surface area (Å²) in [7, 11) is 0. The first-order valence-corrected chi connectivity index (χ1v) is 8.26. The maximum Gasteiger partial charge on any atom is 0.297 e. The van der Waals surface area contributed by atoms with Crippen LogP contribution in [0.25, 0.3) is 16.5 Å². The van der Waals surface area contributed by atoms with Gasteiger partial charge in [-0.25, -0.2) is 18.7 Å². The van der Waals surface area contributed by atoms with Gasteiger partial charge in [-0.1, -0.05) is 48.5 Å². The number of rotatable bonds is 3. The van der Waals surface area contributed by atoms with Crippen molar-refractivity contribution in [2.75, 3.05) is 18.0 Å². The first kappa shape index (κ1) is 15.7. The molecule has 1 aliphatic heterocycles. The Morgan fingerprint density at radius 2 is 1.68 bits per heavy atom. The number of benzene rings is 2. The van der Waals surface area contributed by atoms with E-state index in [0.717, 1.165) is 18.4 Å². The number of alkyl halides is 2. The highest BCUT2D eigenvalue weighted by atomic mass is 19.3. The van der Waals surface area contributed by atoms with Crippen LogP contribution in [0.5, 0.6) is 0 Å². The Kier molecular flexibility index (Phi) is 4.14. The van der Waals surface area contributed by atoms with Crippen LogP contribution in [0.3, 0.4) is 0 Å². The maximum absolute atomic E-state index is 13.2. The zero-order valence-electron chi connectivity index (χ0n) is 13.6. The van der Waals surface area contributed by atoms with E-state index in [1.165, 1.54) is 11.1 Å². The van der Waals surface area contributed by atoms with E-state index >= 15 is 0 Å². The molecule has 2 heterocycles. The number of halogens is 2. The summed E-state index contributed by atoms with van der Waals surface area (Å²) in [6.45, 7) is 1.39. The standard InChI is InChI=1S/C20H17F2N3/c21-18(22)19-23-17-9-5-4-8-16(17)20(24-19)25-12-10-15(11-13-25)14-6-2-1-3-7-14/h1-10,18H,11-13H2. The number of hydrogen-bond acceptors (Lipinski definition) is 3. The Balaban J connectivity index is 1.70. The van der Waals surface area contributed by atoms with E-state index in [1.807, 2.05) is 35.2 Å². The third-order valence-electron chi connectivity index (χ3n) is 4.45. The first-order chi connectivity index (χ1) is 12.2. The molecule has 0 spiro atoms. The molecule has 3 aromatic rings. The molecule has 0 aliphatic carbocycles. The minimum Gasteiger partial charge on any atom is -0.352 e. The first-order valence-electron chi connectivity index (χ1n) is 8.26. The molecular formula is C20H17F2N3. The monoisotopic (exact) mass is 337 g/mol. The van der Waals surface area contributed by atoms with Gasteiger partial charge in [-0.05, 0) is 29.7 Å². The van der Waals surface area contributed by atoms with Crippen molar-refractivity contribution < 1.29 is 8.78 Å². The van der Waals surface area contributed by atoms with Gasteiger partial charge in [0.1, 0.15) is 5.82 Å². The SMILES string of the molecule is FC(F)c1nc(N2CC=C(c3ccccc3)CC2)c2ccccc2n1. The van der Waals surface area contributed by atoms with Crippen LogP contribution < -0.4 is 4.90 Å². The molecule has 0 N–H and O–H groups in total. The smallest absolute Gasteiger partial charge is 0.297 e. The molecule has 0 fully saturated rings. The van der Waals surface area contributed by atoms with Gasteiger partial charge in [-0.3, -0.25) is 0 Å². The molecule has 126 valence electrons. The number of fused-ring (bicyclic) bond motifs is 1. The Bertz CT molecular complexity index is 923. The van der Waals surface area contributed by atoms with E-state index in [0.29, 0.717) is 17.9 Å². The average Bonchev–Trinajstić information content (AvgIpc) is 2.68. The van der Waals surface area contributed by atoms with Crippen LogP contribution >= 0.6 is 0 Å². The van der Waals surface area contributed by atoms with Crippen molar-refractivity contribution in [2.45, 2.75) is 12.8 Å². The molecule has 25 heavy (non-hydrogen) atoms. The van der Waals surface area contributed by atoms with Crippen molar-refractivity contribution in [1.82, 2.24) is 9.97 Å². The van der Waals surface area contributed by atoms with Gasteiger partial charge in [0.15, 0.2) is 5.82 Å². The van der Waals surface area contributed by atoms with Gasteiger partial charge in [0.05, 0.1) is 5.52 Å². The summed E-state index contributed by atoms with van der Waals surface area (Å²) in [5, 5.41) is 0.809. The molecule has 1 aromatic heterocycles. The number of para-hydroxylation sites is 1. The summed E-state index contributed by atoms with van der Waals surface area (Å²) in [4.78, 5) is 10.2. The normalized spacial score (nSPS) is 14.8. The van der Waals surface area contributed by atoms with Crippen LogP contribution in [0, 0.1) is 0 Å². The summed E-state index contributed by atoms with van der Waals surface area (Å²) < 4.78 is 26.3. The Hall–Kier alpha value is -2.82. The van der Waals surface area contributed by atoms with E-state index in [9.17, 15) is 8.78 Å². The zero-order valence-corrected chi connectivity index (χ0v) is 13.6. The van der Waals surface area contributed by atoms with Crippen molar-refractivity contribution >= 4 is 22.3 Å². The molecule has 0 saturated carbocycles. The van der Waals surface area contributed by atoms with Gasteiger partial charge in [0.25, 0.3) is 6.43 Å². The van der Waals surface area contributed by atoms with Gasteiger partial charge in [-0.2, -0.15) is 0 Å². The second-order valence-electron chi connectivity index (χ2n) is 6.01. The summed E-state index contributed by atoms with van der Waals surface area (Å²) >= 11 is 0. The van der Waals surface area contributed by atoms with Crippen molar-refractivity contribution in [1.29, 1.82) is 0 Å². The second kappa shape index (κ2) is 6.59. The molecule has 0 bridgehead atoms. The lowest BCUT2D eigenvalue weighted by Crippen LogP contribution is -2.29. The Morgan fingerprint density at radius 1 is 0.920 bits per heavy atom. The van der Waals surface area contributed by atoms with Gasteiger partial charge in [-0.15, -0.1) is 0 Å². The fraction of sp³-hybridized carbons (Fsp3) is 0.200. The predicted molar refractivity (Wildman–Crippen MR) is 95.7 cm³/mol. The van der Waals surface area contributed by atoms with Crippen molar-refractivity contribution in [3.63, 3.8) is 0 Å². The summed E-state index contributed by atoms with van der Waals surface area (Å²) in [6, 6.07) is 17.6.